The quantitative estimate of drug-likeness (QED) is 0.689. The second-order valence-corrected chi connectivity index (χ2v) is 5.10. The van der Waals surface area contributed by atoms with Crippen LogP contribution in [0.2, 0.25) is 0 Å². The number of rotatable bonds is 1. The molecule has 0 heterocycles. The van der Waals surface area contributed by atoms with Gasteiger partial charge in [-0.05, 0) is 19.1 Å². The maximum atomic E-state index is 5.45. The number of hydrogen-bond donors (Lipinski definition) is 0. The van der Waals surface area contributed by atoms with Crippen molar-refractivity contribution in [1.82, 2.24) is 0 Å². The Bertz CT molecular complexity index is 383. The van der Waals surface area contributed by atoms with Gasteiger partial charge in [0.2, 0.25) is 0 Å². The van der Waals surface area contributed by atoms with E-state index >= 15 is 0 Å². The average molecular weight is 292 g/mol. The molecule has 0 bridgehead atoms. The van der Waals surface area contributed by atoms with Crippen molar-refractivity contribution in [2.24, 2.45) is 0 Å². The SMILES string of the molecule is Cc1ccc(N(Cl)Cl)cc1.[V][C]1=CC=CC1. The first-order valence-corrected chi connectivity index (χ1v) is 6.20. The van der Waals surface area contributed by atoms with E-state index in [9.17, 15) is 0 Å². The van der Waals surface area contributed by atoms with Crippen LogP contribution < -0.4 is 3.94 Å². The van der Waals surface area contributed by atoms with Crippen molar-refractivity contribution < 1.29 is 17.4 Å². The van der Waals surface area contributed by atoms with Gasteiger partial charge in [0.15, 0.2) is 0 Å². The third-order valence-corrected chi connectivity index (χ3v) is 2.89. The fraction of sp³-hybridized carbons (Fsp3) is 0.167. The number of benzene rings is 1. The molecule has 4 heteroatoms. The van der Waals surface area contributed by atoms with Gasteiger partial charge in [-0.3, -0.25) is 0 Å². The summed E-state index contributed by atoms with van der Waals surface area (Å²) < 4.78 is 2.45. The van der Waals surface area contributed by atoms with Crippen LogP contribution in [0.3, 0.4) is 0 Å². The Morgan fingerprint density at radius 1 is 1.19 bits per heavy atom. The number of allylic oxidation sites excluding steroid dienone is 4. The normalized spacial score (nSPS) is 12.8. The van der Waals surface area contributed by atoms with E-state index in [-0.39, 0.29) is 0 Å². The summed E-state index contributed by atoms with van der Waals surface area (Å²) in [5.74, 6) is 0. The third-order valence-electron chi connectivity index (χ3n) is 1.98. The van der Waals surface area contributed by atoms with Crippen molar-refractivity contribution in [3.63, 3.8) is 0 Å². The zero-order chi connectivity index (χ0) is 12.0. The number of aryl methyl sites for hydroxylation is 1. The third kappa shape index (κ3) is 5.13. The first kappa shape index (κ1) is 13.7. The molecule has 1 aliphatic carbocycles. The van der Waals surface area contributed by atoms with Crippen LogP contribution in [-0.4, -0.2) is 0 Å². The molecule has 0 spiro atoms. The second-order valence-electron chi connectivity index (χ2n) is 3.36. The molecule has 0 N–H and O–H groups in total. The van der Waals surface area contributed by atoms with Crippen LogP contribution in [0.1, 0.15) is 12.0 Å². The van der Waals surface area contributed by atoms with Gasteiger partial charge in [-0.25, -0.2) is 0 Å². The second kappa shape index (κ2) is 7.08. The van der Waals surface area contributed by atoms with E-state index in [2.05, 4.69) is 35.7 Å². The van der Waals surface area contributed by atoms with Crippen LogP contribution in [0.5, 0.6) is 0 Å². The molecule has 1 aliphatic rings. The van der Waals surface area contributed by atoms with Crippen LogP contribution >= 0.6 is 23.6 Å². The number of anilines is 1. The monoisotopic (exact) mass is 291 g/mol. The van der Waals surface area contributed by atoms with Crippen LogP contribution in [0.25, 0.3) is 0 Å². The van der Waals surface area contributed by atoms with Gasteiger partial charge in [0.25, 0.3) is 0 Å². The Kier molecular flexibility index (Phi) is 6.08. The minimum atomic E-state index is 0.786. The molecule has 0 aromatic heterocycles. The summed E-state index contributed by atoms with van der Waals surface area (Å²) in [5, 5.41) is 0. The Balaban J connectivity index is 0.000000181. The van der Waals surface area contributed by atoms with Crippen molar-refractivity contribution in [3.8, 4) is 0 Å². The minimum absolute atomic E-state index is 0.786. The first-order chi connectivity index (χ1) is 7.59. The van der Waals surface area contributed by atoms with Crippen molar-refractivity contribution in [2.45, 2.75) is 13.3 Å². The van der Waals surface area contributed by atoms with Crippen LogP contribution in [0.4, 0.5) is 5.69 Å². The van der Waals surface area contributed by atoms with Gasteiger partial charge in [-0.2, -0.15) is 3.94 Å². The Hall–Kier alpha value is -0.336. The van der Waals surface area contributed by atoms with E-state index in [4.69, 9.17) is 23.6 Å². The fourth-order valence-electron chi connectivity index (χ4n) is 1.09. The van der Waals surface area contributed by atoms with Gasteiger partial charge in [0.05, 0.1) is 5.69 Å². The summed E-state index contributed by atoms with van der Waals surface area (Å²) in [7, 11) is 0. The van der Waals surface area contributed by atoms with Crippen molar-refractivity contribution in [1.29, 1.82) is 0 Å². The van der Waals surface area contributed by atoms with Gasteiger partial charge >= 0.3 is 46.4 Å². The average Bonchev–Trinajstić information content (AvgIpc) is 2.71. The molecular formula is C12H12Cl2NV. The number of nitrogens with zero attached hydrogens (tertiary/aromatic N) is 1. The molecule has 0 unspecified atom stereocenters. The molecule has 0 saturated carbocycles. The van der Waals surface area contributed by atoms with Crippen molar-refractivity contribution in [3.05, 3.63) is 52.3 Å². The number of hydrogen-bond acceptors (Lipinski definition) is 1. The van der Waals surface area contributed by atoms with Crippen LogP contribution in [0.15, 0.2) is 46.8 Å². The van der Waals surface area contributed by atoms with Crippen LogP contribution in [-0.2, 0) is 17.4 Å². The number of halogens is 2. The Labute approximate surface area is 116 Å². The summed E-state index contributed by atoms with van der Waals surface area (Å²) >= 11 is 13.4. The van der Waals surface area contributed by atoms with Crippen molar-refractivity contribution in [2.75, 3.05) is 3.94 Å². The van der Waals surface area contributed by atoms with Gasteiger partial charge in [0.1, 0.15) is 0 Å². The molecular weight excluding hydrogens is 280 g/mol. The zero-order valence-electron chi connectivity index (χ0n) is 8.90. The predicted octanol–water partition coefficient (Wildman–Crippen LogP) is 4.49. The first-order valence-electron chi connectivity index (χ1n) is 4.82. The molecule has 2 rings (SSSR count). The van der Waals surface area contributed by atoms with E-state index < -0.39 is 0 Å². The molecule has 84 valence electrons. The summed E-state index contributed by atoms with van der Waals surface area (Å²) in [5.41, 5.74) is 1.98. The van der Waals surface area contributed by atoms with E-state index in [0.29, 0.717) is 0 Å². The maximum absolute atomic E-state index is 5.45. The van der Waals surface area contributed by atoms with E-state index in [1.165, 1.54) is 9.85 Å². The molecule has 0 amide bonds. The molecule has 1 aromatic rings. The topological polar surface area (TPSA) is 3.24 Å². The molecule has 0 atom stereocenters. The molecule has 0 fully saturated rings. The van der Waals surface area contributed by atoms with Gasteiger partial charge < -0.3 is 0 Å². The molecule has 16 heavy (non-hydrogen) atoms. The molecule has 0 aliphatic heterocycles. The molecule has 1 aromatic carbocycles. The Morgan fingerprint density at radius 3 is 2.12 bits per heavy atom. The molecule has 1 nitrogen and oxygen atoms in total. The van der Waals surface area contributed by atoms with Crippen LogP contribution in [0, 0.1) is 6.92 Å². The van der Waals surface area contributed by atoms with Gasteiger partial charge in [0, 0.05) is 23.6 Å². The van der Waals surface area contributed by atoms with Gasteiger partial charge in [-0.1, -0.05) is 17.7 Å². The summed E-state index contributed by atoms with van der Waals surface area (Å²) in [6, 6.07) is 7.62. The summed E-state index contributed by atoms with van der Waals surface area (Å²) in [4.78, 5) is 0. The predicted molar refractivity (Wildman–Crippen MR) is 67.2 cm³/mol. The van der Waals surface area contributed by atoms with E-state index in [0.717, 1.165) is 16.0 Å². The van der Waals surface area contributed by atoms with E-state index in [1.54, 1.807) is 0 Å². The fourth-order valence-corrected chi connectivity index (χ4v) is 1.62. The summed E-state index contributed by atoms with van der Waals surface area (Å²) in [6.07, 6.45) is 7.47. The Morgan fingerprint density at radius 2 is 1.81 bits per heavy atom. The molecule has 0 radical (unpaired) electrons. The summed E-state index contributed by atoms with van der Waals surface area (Å²) in [6.45, 7) is 2.01. The van der Waals surface area contributed by atoms with Crippen molar-refractivity contribution >= 4 is 29.2 Å². The van der Waals surface area contributed by atoms with Gasteiger partial charge in [-0.15, -0.1) is 0 Å². The zero-order valence-corrected chi connectivity index (χ0v) is 11.8. The molecule has 0 saturated heterocycles. The standard InChI is InChI=1S/C7H7Cl2N.C5H5.V/c1-6-2-4-7(5-3-6)10(8)9;1-2-4-5-3-1;/h2-5H,1H3;1-3H,4H2;. The van der Waals surface area contributed by atoms with E-state index in [1.807, 2.05) is 31.2 Å².